The Hall–Kier alpha value is -2.64. The molecule has 0 bridgehead atoms. The van der Waals surface area contributed by atoms with E-state index in [4.69, 9.17) is 4.74 Å². The van der Waals surface area contributed by atoms with Gasteiger partial charge in [-0.1, -0.05) is 13.8 Å². The van der Waals surface area contributed by atoms with Crippen molar-refractivity contribution in [1.82, 2.24) is 19.6 Å². The lowest BCUT2D eigenvalue weighted by atomic mass is 10.1. The second-order valence-corrected chi connectivity index (χ2v) is 6.91. The van der Waals surface area contributed by atoms with Crippen LogP contribution in [0, 0.1) is 26.7 Å². The minimum atomic E-state index is -0.448. The van der Waals surface area contributed by atoms with E-state index in [1.54, 1.807) is 17.8 Å². The summed E-state index contributed by atoms with van der Waals surface area (Å²) < 4.78 is 8.59. The molecule has 1 amide bonds. The summed E-state index contributed by atoms with van der Waals surface area (Å²) in [6, 6.07) is 1.75. The maximum atomic E-state index is 12.1. The second kappa shape index (κ2) is 8.16. The fraction of sp³-hybridized carbons (Fsp3) is 0.556. The Morgan fingerprint density at radius 1 is 1.23 bits per heavy atom. The van der Waals surface area contributed by atoms with Crippen molar-refractivity contribution in [3.8, 4) is 0 Å². The average Bonchev–Trinajstić information content (AvgIpc) is 2.98. The summed E-state index contributed by atoms with van der Waals surface area (Å²) >= 11 is 0. The molecule has 0 aromatic carbocycles. The van der Waals surface area contributed by atoms with Gasteiger partial charge in [0, 0.05) is 30.9 Å². The summed E-state index contributed by atoms with van der Waals surface area (Å²) in [6.07, 6.45) is 0.105. The number of carbonyl (C=O) groups excluding carboxylic acids is 2. The van der Waals surface area contributed by atoms with Crippen molar-refractivity contribution in [2.75, 3.05) is 11.9 Å². The Morgan fingerprint density at radius 3 is 2.50 bits per heavy atom. The van der Waals surface area contributed by atoms with Gasteiger partial charge in [-0.15, -0.1) is 0 Å². The highest BCUT2D eigenvalue weighted by atomic mass is 16.5. The monoisotopic (exact) mass is 361 g/mol. The van der Waals surface area contributed by atoms with Crippen molar-refractivity contribution in [2.24, 2.45) is 13.0 Å². The van der Waals surface area contributed by atoms with Gasteiger partial charge in [-0.25, -0.2) is 0 Å². The number of nitrogens with zero attached hydrogens (tertiary/aromatic N) is 4. The van der Waals surface area contributed by atoms with E-state index in [2.05, 4.69) is 29.4 Å². The second-order valence-electron chi connectivity index (χ2n) is 6.91. The van der Waals surface area contributed by atoms with Crippen LogP contribution in [-0.4, -0.2) is 38.0 Å². The molecule has 0 radical (unpaired) electrons. The van der Waals surface area contributed by atoms with Crippen LogP contribution in [0.4, 0.5) is 5.82 Å². The molecule has 8 nitrogen and oxygen atoms in total. The SMILES string of the molecule is Cc1cc(NC(=O)COC(=O)Cc2c(C)nn(CC(C)C)c2C)n(C)n1. The summed E-state index contributed by atoms with van der Waals surface area (Å²) in [5.41, 5.74) is 3.43. The number of amides is 1. The van der Waals surface area contributed by atoms with Gasteiger partial charge < -0.3 is 10.1 Å². The van der Waals surface area contributed by atoms with Gasteiger partial charge in [0.05, 0.1) is 17.8 Å². The summed E-state index contributed by atoms with van der Waals surface area (Å²) in [7, 11) is 1.73. The molecule has 0 saturated carbocycles. The molecular formula is C18H27N5O3. The highest BCUT2D eigenvalue weighted by Crippen LogP contribution is 2.16. The molecule has 0 unspecified atom stereocenters. The zero-order valence-corrected chi connectivity index (χ0v) is 16.3. The molecule has 2 aromatic heterocycles. The zero-order valence-electron chi connectivity index (χ0n) is 16.3. The lowest BCUT2D eigenvalue weighted by molar-refractivity contribution is -0.146. The van der Waals surface area contributed by atoms with Crippen LogP contribution in [0.1, 0.15) is 36.5 Å². The third-order valence-electron chi connectivity index (χ3n) is 4.02. The predicted octanol–water partition coefficient (Wildman–Crippen LogP) is 1.92. The first-order chi connectivity index (χ1) is 12.2. The van der Waals surface area contributed by atoms with E-state index < -0.39 is 11.9 Å². The number of anilines is 1. The largest absolute Gasteiger partial charge is 0.455 e. The minimum absolute atomic E-state index is 0.105. The number of rotatable bonds is 7. The molecule has 0 saturated heterocycles. The maximum Gasteiger partial charge on any atom is 0.310 e. The first-order valence-corrected chi connectivity index (χ1v) is 8.66. The predicted molar refractivity (Wildman–Crippen MR) is 97.8 cm³/mol. The number of aromatic nitrogens is 4. The van der Waals surface area contributed by atoms with E-state index in [-0.39, 0.29) is 13.0 Å². The van der Waals surface area contributed by atoms with Crippen LogP contribution in [0.3, 0.4) is 0 Å². The Labute approximate surface area is 153 Å². The van der Waals surface area contributed by atoms with Gasteiger partial charge in [-0.05, 0) is 26.7 Å². The van der Waals surface area contributed by atoms with Crippen molar-refractivity contribution < 1.29 is 14.3 Å². The third kappa shape index (κ3) is 4.93. The molecular weight excluding hydrogens is 334 g/mol. The van der Waals surface area contributed by atoms with Gasteiger partial charge >= 0.3 is 5.97 Å². The van der Waals surface area contributed by atoms with Crippen LogP contribution in [0.5, 0.6) is 0 Å². The van der Waals surface area contributed by atoms with Crippen LogP contribution in [-0.2, 0) is 34.3 Å². The number of carbonyl (C=O) groups is 2. The van der Waals surface area contributed by atoms with Crippen molar-refractivity contribution in [2.45, 2.75) is 47.6 Å². The van der Waals surface area contributed by atoms with Gasteiger partial charge in [-0.2, -0.15) is 10.2 Å². The van der Waals surface area contributed by atoms with Crippen LogP contribution >= 0.6 is 0 Å². The quantitative estimate of drug-likeness (QED) is 0.761. The number of aryl methyl sites for hydroxylation is 3. The first kappa shape index (κ1) is 19.7. The van der Waals surface area contributed by atoms with E-state index in [1.807, 2.05) is 25.5 Å². The lowest BCUT2D eigenvalue weighted by Gasteiger charge is -2.08. The summed E-state index contributed by atoms with van der Waals surface area (Å²) in [6.45, 7) is 10.4. The van der Waals surface area contributed by atoms with Crippen molar-refractivity contribution in [3.63, 3.8) is 0 Å². The molecule has 1 N–H and O–H groups in total. The van der Waals surface area contributed by atoms with E-state index in [0.717, 1.165) is 29.2 Å². The molecule has 0 spiro atoms. The zero-order chi connectivity index (χ0) is 19.4. The molecule has 2 rings (SSSR count). The molecule has 0 aliphatic heterocycles. The molecule has 0 aliphatic rings. The van der Waals surface area contributed by atoms with E-state index in [1.165, 1.54) is 0 Å². The fourth-order valence-electron chi connectivity index (χ4n) is 2.76. The standard InChI is InChI=1S/C18H27N5O3/c1-11(2)9-23-14(5)15(13(4)21-23)8-18(25)26-10-17(24)19-16-7-12(3)20-22(16)6/h7,11H,8-10H2,1-6H3,(H,19,24). The highest BCUT2D eigenvalue weighted by molar-refractivity contribution is 5.92. The maximum absolute atomic E-state index is 12.1. The molecule has 0 fully saturated rings. The Morgan fingerprint density at radius 2 is 1.92 bits per heavy atom. The summed E-state index contributed by atoms with van der Waals surface area (Å²) in [4.78, 5) is 24.1. The van der Waals surface area contributed by atoms with Gasteiger partial charge in [0.25, 0.3) is 5.91 Å². The number of hydrogen-bond donors (Lipinski definition) is 1. The van der Waals surface area contributed by atoms with Gasteiger partial charge in [0.2, 0.25) is 0 Å². The van der Waals surface area contributed by atoms with E-state index in [0.29, 0.717) is 11.7 Å². The first-order valence-electron chi connectivity index (χ1n) is 8.66. The normalized spacial score (nSPS) is 11.0. The Balaban J connectivity index is 1.90. The van der Waals surface area contributed by atoms with Crippen LogP contribution in [0.25, 0.3) is 0 Å². The Bertz CT molecular complexity index is 804. The fourth-order valence-corrected chi connectivity index (χ4v) is 2.76. The van der Waals surface area contributed by atoms with Crippen LogP contribution < -0.4 is 5.32 Å². The average molecular weight is 361 g/mol. The summed E-state index contributed by atoms with van der Waals surface area (Å²) in [5.74, 6) is 0.180. The Kier molecular flexibility index (Phi) is 6.18. The number of hydrogen-bond acceptors (Lipinski definition) is 5. The number of esters is 1. The van der Waals surface area contributed by atoms with Gasteiger partial charge in [-0.3, -0.25) is 19.0 Å². The molecule has 2 heterocycles. The number of ether oxygens (including phenoxy) is 1. The van der Waals surface area contributed by atoms with Crippen molar-refractivity contribution in [3.05, 3.63) is 28.7 Å². The third-order valence-corrected chi connectivity index (χ3v) is 4.02. The highest BCUT2D eigenvalue weighted by Gasteiger charge is 2.17. The smallest absolute Gasteiger partial charge is 0.310 e. The minimum Gasteiger partial charge on any atom is -0.455 e. The molecule has 8 heteroatoms. The topological polar surface area (TPSA) is 91.0 Å². The van der Waals surface area contributed by atoms with E-state index >= 15 is 0 Å². The lowest BCUT2D eigenvalue weighted by Crippen LogP contribution is -2.23. The van der Waals surface area contributed by atoms with Gasteiger partial charge in [0.1, 0.15) is 5.82 Å². The number of nitrogens with one attached hydrogen (secondary N) is 1. The molecule has 26 heavy (non-hydrogen) atoms. The molecule has 0 aliphatic carbocycles. The van der Waals surface area contributed by atoms with Gasteiger partial charge in [0.15, 0.2) is 6.61 Å². The van der Waals surface area contributed by atoms with Crippen LogP contribution in [0.2, 0.25) is 0 Å². The molecule has 0 atom stereocenters. The molecule has 142 valence electrons. The molecule has 2 aromatic rings. The summed E-state index contributed by atoms with van der Waals surface area (Å²) in [5, 5.41) is 11.3. The van der Waals surface area contributed by atoms with Crippen LogP contribution in [0.15, 0.2) is 6.07 Å². The van der Waals surface area contributed by atoms with E-state index in [9.17, 15) is 9.59 Å². The van der Waals surface area contributed by atoms with Crippen molar-refractivity contribution in [1.29, 1.82) is 0 Å². The van der Waals surface area contributed by atoms with Crippen molar-refractivity contribution >= 4 is 17.7 Å².